The summed E-state index contributed by atoms with van der Waals surface area (Å²) in [6, 6.07) is 12.1. The predicted molar refractivity (Wildman–Crippen MR) is 81.6 cm³/mol. The van der Waals surface area contributed by atoms with Gasteiger partial charge >= 0.3 is 0 Å². The molecule has 0 saturated carbocycles. The maximum Gasteiger partial charge on any atom is 0.260 e. The van der Waals surface area contributed by atoms with E-state index in [0.717, 1.165) is 5.69 Å². The number of hydrogen-bond donors (Lipinski definition) is 1. The summed E-state index contributed by atoms with van der Waals surface area (Å²) in [6.07, 6.45) is 0. The summed E-state index contributed by atoms with van der Waals surface area (Å²) in [4.78, 5) is 14.0. The molecule has 0 aliphatic carbocycles. The molecule has 0 aliphatic rings. The fraction of sp³-hybridized carbons (Fsp3) is 0.133. The standard InChI is InChI=1S/C15H15ClN2O2/c1-18(11-4-3-5-12(9-11)20-2)15(19)13-7-6-10(16)8-14(13)17/h3-9H,17H2,1-2H3. The second-order valence-electron chi connectivity index (χ2n) is 4.30. The van der Waals surface area contributed by atoms with Crippen LogP contribution in [0.15, 0.2) is 42.5 Å². The number of hydrogen-bond acceptors (Lipinski definition) is 3. The Labute approximate surface area is 122 Å². The summed E-state index contributed by atoms with van der Waals surface area (Å²) >= 11 is 5.84. The zero-order valence-electron chi connectivity index (χ0n) is 11.3. The van der Waals surface area contributed by atoms with Crippen molar-refractivity contribution in [3.8, 4) is 5.75 Å². The molecule has 0 heterocycles. The molecule has 104 valence electrons. The third kappa shape index (κ3) is 2.86. The number of halogens is 1. The van der Waals surface area contributed by atoms with Gasteiger partial charge in [-0.25, -0.2) is 0 Å². The van der Waals surface area contributed by atoms with Gasteiger partial charge in [0.05, 0.1) is 12.7 Å². The first-order valence-corrected chi connectivity index (χ1v) is 6.38. The largest absolute Gasteiger partial charge is 0.497 e. The lowest BCUT2D eigenvalue weighted by atomic mass is 10.1. The maximum absolute atomic E-state index is 12.4. The summed E-state index contributed by atoms with van der Waals surface area (Å²) in [5.74, 6) is 0.485. The Hall–Kier alpha value is -2.20. The Bertz CT molecular complexity index is 644. The van der Waals surface area contributed by atoms with E-state index in [9.17, 15) is 4.79 Å². The summed E-state index contributed by atoms with van der Waals surface area (Å²) in [7, 11) is 3.27. The van der Waals surface area contributed by atoms with Crippen LogP contribution in [0.5, 0.6) is 5.75 Å². The van der Waals surface area contributed by atoms with Crippen molar-refractivity contribution in [3.05, 3.63) is 53.1 Å². The predicted octanol–water partition coefficient (Wildman–Crippen LogP) is 3.21. The van der Waals surface area contributed by atoms with Crippen LogP contribution in [0.2, 0.25) is 5.02 Å². The number of benzene rings is 2. The second-order valence-corrected chi connectivity index (χ2v) is 4.73. The van der Waals surface area contributed by atoms with Crippen molar-refractivity contribution in [3.63, 3.8) is 0 Å². The molecule has 1 amide bonds. The van der Waals surface area contributed by atoms with Crippen LogP contribution in [0.1, 0.15) is 10.4 Å². The topological polar surface area (TPSA) is 55.6 Å². The molecule has 0 spiro atoms. The van der Waals surface area contributed by atoms with Crippen LogP contribution in [0.3, 0.4) is 0 Å². The molecule has 0 saturated heterocycles. The van der Waals surface area contributed by atoms with Gasteiger partial charge in [0, 0.05) is 29.5 Å². The number of carbonyl (C=O) groups excluding carboxylic acids is 1. The highest BCUT2D eigenvalue weighted by Crippen LogP contribution is 2.24. The normalized spacial score (nSPS) is 10.2. The molecule has 0 atom stereocenters. The smallest absolute Gasteiger partial charge is 0.260 e. The molecule has 0 aliphatic heterocycles. The minimum atomic E-state index is -0.201. The molecule has 0 unspecified atom stereocenters. The molecule has 20 heavy (non-hydrogen) atoms. The van der Waals surface area contributed by atoms with Gasteiger partial charge in [-0.1, -0.05) is 17.7 Å². The van der Waals surface area contributed by atoms with Gasteiger partial charge in [0.1, 0.15) is 5.75 Å². The minimum absolute atomic E-state index is 0.201. The number of methoxy groups -OCH3 is 1. The SMILES string of the molecule is COc1cccc(N(C)C(=O)c2ccc(Cl)cc2N)c1. The van der Waals surface area contributed by atoms with Gasteiger partial charge in [-0.2, -0.15) is 0 Å². The fourth-order valence-electron chi connectivity index (χ4n) is 1.85. The number of amides is 1. The molecule has 2 rings (SSSR count). The number of rotatable bonds is 3. The molecule has 2 aromatic rings. The van der Waals surface area contributed by atoms with Crippen molar-refractivity contribution in [1.29, 1.82) is 0 Å². The van der Waals surface area contributed by atoms with E-state index in [-0.39, 0.29) is 5.91 Å². The Morgan fingerprint density at radius 1 is 1.25 bits per heavy atom. The quantitative estimate of drug-likeness (QED) is 0.883. The second kappa shape index (κ2) is 5.84. The highest BCUT2D eigenvalue weighted by molar-refractivity contribution is 6.31. The summed E-state index contributed by atoms with van der Waals surface area (Å²) in [5.41, 5.74) is 7.34. The number of anilines is 2. The van der Waals surface area contributed by atoms with Crippen LogP contribution in [0, 0.1) is 0 Å². The van der Waals surface area contributed by atoms with E-state index < -0.39 is 0 Å². The van der Waals surface area contributed by atoms with E-state index in [0.29, 0.717) is 22.0 Å². The number of carbonyl (C=O) groups is 1. The van der Waals surface area contributed by atoms with E-state index in [2.05, 4.69) is 0 Å². The zero-order valence-corrected chi connectivity index (χ0v) is 12.0. The summed E-state index contributed by atoms with van der Waals surface area (Å²) < 4.78 is 5.15. The Morgan fingerprint density at radius 3 is 2.65 bits per heavy atom. The summed E-state index contributed by atoms with van der Waals surface area (Å²) in [5, 5.41) is 0.503. The molecule has 0 bridgehead atoms. The van der Waals surface area contributed by atoms with Crippen molar-refractivity contribution in [2.45, 2.75) is 0 Å². The number of nitrogens with two attached hydrogens (primary N) is 1. The molecule has 2 aromatic carbocycles. The third-order valence-electron chi connectivity index (χ3n) is 2.99. The summed E-state index contributed by atoms with van der Waals surface area (Å²) in [6.45, 7) is 0. The Kier molecular flexibility index (Phi) is 4.15. The third-order valence-corrected chi connectivity index (χ3v) is 3.22. The first-order chi connectivity index (χ1) is 9.52. The molecular weight excluding hydrogens is 276 g/mol. The minimum Gasteiger partial charge on any atom is -0.497 e. The molecule has 5 heteroatoms. The van der Waals surface area contributed by atoms with Crippen LogP contribution in [0.25, 0.3) is 0 Å². The molecule has 4 nitrogen and oxygen atoms in total. The Balaban J connectivity index is 2.32. The number of nitrogens with zero attached hydrogens (tertiary/aromatic N) is 1. The zero-order chi connectivity index (χ0) is 14.7. The fourth-order valence-corrected chi connectivity index (χ4v) is 2.03. The molecule has 0 aromatic heterocycles. The van der Waals surface area contributed by atoms with Crippen LogP contribution in [0.4, 0.5) is 11.4 Å². The monoisotopic (exact) mass is 290 g/mol. The van der Waals surface area contributed by atoms with E-state index in [1.165, 1.54) is 4.90 Å². The first-order valence-electron chi connectivity index (χ1n) is 6.00. The average molecular weight is 291 g/mol. The lowest BCUT2D eigenvalue weighted by Crippen LogP contribution is -2.27. The maximum atomic E-state index is 12.4. The first kappa shape index (κ1) is 14.2. The molecule has 0 radical (unpaired) electrons. The van der Waals surface area contributed by atoms with Crippen molar-refractivity contribution in [1.82, 2.24) is 0 Å². The van der Waals surface area contributed by atoms with Gasteiger partial charge in [0.2, 0.25) is 0 Å². The van der Waals surface area contributed by atoms with Crippen LogP contribution in [-0.4, -0.2) is 20.1 Å². The van der Waals surface area contributed by atoms with E-state index in [1.54, 1.807) is 38.4 Å². The van der Waals surface area contributed by atoms with Gasteiger partial charge in [-0.3, -0.25) is 4.79 Å². The molecule has 0 fully saturated rings. The van der Waals surface area contributed by atoms with Gasteiger partial charge in [0.15, 0.2) is 0 Å². The van der Waals surface area contributed by atoms with Crippen molar-refractivity contribution in [2.75, 3.05) is 24.8 Å². The number of nitrogen functional groups attached to an aromatic ring is 1. The average Bonchev–Trinajstić information content (AvgIpc) is 2.46. The van der Waals surface area contributed by atoms with Gasteiger partial charge in [0.25, 0.3) is 5.91 Å². The molecular formula is C15H15ClN2O2. The van der Waals surface area contributed by atoms with Gasteiger partial charge < -0.3 is 15.4 Å². The highest BCUT2D eigenvalue weighted by Gasteiger charge is 2.16. The van der Waals surface area contributed by atoms with E-state index >= 15 is 0 Å². The lowest BCUT2D eigenvalue weighted by molar-refractivity contribution is 0.0994. The molecule has 2 N–H and O–H groups in total. The van der Waals surface area contributed by atoms with Crippen LogP contribution < -0.4 is 15.4 Å². The Morgan fingerprint density at radius 2 is 2.00 bits per heavy atom. The highest BCUT2D eigenvalue weighted by atomic mass is 35.5. The number of ether oxygens (including phenoxy) is 1. The van der Waals surface area contributed by atoms with E-state index in [1.807, 2.05) is 18.2 Å². The van der Waals surface area contributed by atoms with E-state index in [4.69, 9.17) is 22.1 Å². The van der Waals surface area contributed by atoms with Crippen molar-refractivity contribution < 1.29 is 9.53 Å². The van der Waals surface area contributed by atoms with Crippen molar-refractivity contribution in [2.24, 2.45) is 0 Å². The van der Waals surface area contributed by atoms with Gasteiger partial charge in [-0.05, 0) is 30.3 Å². The van der Waals surface area contributed by atoms with Crippen molar-refractivity contribution >= 4 is 28.9 Å². The van der Waals surface area contributed by atoms with Crippen LogP contribution >= 0.6 is 11.6 Å². The van der Waals surface area contributed by atoms with Gasteiger partial charge in [-0.15, -0.1) is 0 Å². The lowest BCUT2D eigenvalue weighted by Gasteiger charge is -2.19. The van der Waals surface area contributed by atoms with Crippen LogP contribution in [-0.2, 0) is 0 Å².